The molecule has 1 amide bonds. The van der Waals surface area contributed by atoms with Crippen molar-refractivity contribution in [3.05, 3.63) is 62.3 Å². The van der Waals surface area contributed by atoms with Gasteiger partial charge < -0.3 is 9.57 Å². The van der Waals surface area contributed by atoms with Crippen LogP contribution in [-0.2, 0) is 26.2 Å². The summed E-state index contributed by atoms with van der Waals surface area (Å²) in [6.45, 7) is 2.60. The van der Waals surface area contributed by atoms with Crippen molar-refractivity contribution in [2.24, 2.45) is 5.92 Å². The first kappa shape index (κ1) is 32.0. The lowest BCUT2D eigenvalue weighted by Gasteiger charge is -2.32. The number of rotatable bonds is 9. The second-order valence-electron chi connectivity index (χ2n) is 11.1. The highest BCUT2D eigenvalue weighted by Gasteiger charge is 2.50. The summed E-state index contributed by atoms with van der Waals surface area (Å²) in [6.07, 6.45) is -2.38. The van der Waals surface area contributed by atoms with E-state index in [9.17, 15) is 31.2 Å². The molecule has 0 aromatic heterocycles. The second kappa shape index (κ2) is 12.5. The van der Waals surface area contributed by atoms with Gasteiger partial charge in [0.2, 0.25) is 0 Å². The van der Waals surface area contributed by atoms with Crippen molar-refractivity contribution >= 4 is 49.4 Å². The molecule has 8 nitrogen and oxygen atoms in total. The number of hydrogen-bond acceptors (Lipinski definition) is 7. The third kappa shape index (κ3) is 7.63. The molecule has 0 atom stereocenters. The molecule has 15 heteroatoms. The Hall–Kier alpha value is -2.42. The maximum absolute atomic E-state index is 15.3. The third-order valence-corrected chi connectivity index (χ3v) is 10.5. The zero-order chi connectivity index (χ0) is 31.1. The van der Waals surface area contributed by atoms with Crippen LogP contribution in [0.5, 0.6) is 5.75 Å². The maximum Gasteiger partial charge on any atom is 0.493 e. The van der Waals surface area contributed by atoms with Crippen molar-refractivity contribution in [1.82, 2.24) is 9.37 Å². The van der Waals surface area contributed by atoms with Crippen LogP contribution in [0.25, 0.3) is 0 Å². The SMILES string of the molecule is O=C(c1cc(C2CC2)c(OCC2CCN(Cc3ccc(Br)cc3Cl)CC2)cc1F)N(OC(=O)C(F)(F)F)S(=O)(=O)C1CC1. The Morgan fingerprint density at radius 1 is 1.05 bits per heavy atom. The molecule has 0 N–H and O–H groups in total. The number of hydroxylamine groups is 1. The van der Waals surface area contributed by atoms with Gasteiger partial charge in [0.1, 0.15) is 11.6 Å². The summed E-state index contributed by atoms with van der Waals surface area (Å²) in [5.41, 5.74) is 0.641. The molecule has 2 saturated carbocycles. The molecule has 0 bridgehead atoms. The molecule has 43 heavy (non-hydrogen) atoms. The molecule has 0 spiro atoms. The van der Waals surface area contributed by atoms with Crippen molar-refractivity contribution in [1.29, 1.82) is 0 Å². The normalized spacial score (nSPS) is 18.4. The number of hydrogen-bond donors (Lipinski definition) is 0. The molecule has 2 aliphatic carbocycles. The number of halogens is 6. The van der Waals surface area contributed by atoms with Crippen LogP contribution in [0.15, 0.2) is 34.8 Å². The van der Waals surface area contributed by atoms with Gasteiger partial charge in [-0.2, -0.15) is 13.2 Å². The molecule has 234 valence electrons. The molecule has 5 rings (SSSR count). The molecule has 2 aromatic rings. The van der Waals surface area contributed by atoms with E-state index in [2.05, 4.69) is 25.7 Å². The Kier molecular flexibility index (Phi) is 9.32. The summed E-state index contributed by atoms with van der Waals surface area (Å²) in [7, 11) is -4.80. The van der Waals surface area contributed by atoms with Gasteiger partial charge in [-0.05, 0) is 92.8 Å². The fourth-order valence-corrected chi connectivity index (χ4v) is 7.16. The van der Waals surface area contributed by atoms with Crippen molar-refractivity contribution in [2.75, 3.05) is 19.7 Å². The Morgan fingerprint density at radius 2 is 1.72 bits per heavy atom. The van der Waals surface area contributed by atoms with E-state index in [0.29, 0.717) is 30.0 Å². The number of carbonyl (C=O) groups excluding carboxylic acids is 2. The average Bonchev–Trinajstić information content (AvgIpc) is 3.85. The number of likely N-dealkylation sites (tertiary alicyclic amines) is 1. The van der Waals surface area contributed by atoms with Gasteiger partial charge in [0.15, 0.2) is 0 Å². The molecule has 1 aliphatic heterocycles. The highest BCUT2D eigenvalue weighted by Crippen LogP contribution is 2.46. The van der Waals surface area contributed by atoms with Crippen LogP contribution in [0, 0.1) is 11.7 Å². The van der Waals surface area contributed by atoms with Gasteiger partial charge in [-0.15, -0.1) is 0 Å². The smallest absolute Gasteiger partial charge is 0.493 e. The van der Waals surface area contributed by atoms with Crippen LogP contribution in [-0.4, -0.2) is 60.8 Å². The van der Waals surface area contributed by atoms with E-state index in [4.69, 9.17) is 16.3 Å². The summed E-state index contributed by atoms with van der Waals surface area (Å²) in [4.78, 5) is 30.9. The molecule has 3 fully saturated rings. The number of amides is 1. The largest absolute Gasteiger partial charge is 0.493 e. The lowest BCUT2D eigenvalue weighted by molar-refractivity contribution is -0.217. The van der Waals surface area contributed by atoms with E-state index in [-0.39, 0.29) is 37.0 Å². The average molecular weight is 712 g/mol. The van der Waals surface area contributed by atoms with Gasteiger partial charge in [-0.3, -0.25) is 9.69 Å². The van der Waals surface area contributed by atoms with Crippen molar-refractivity contribution in [3.63, 3.8) is 0 Å². The third-order valence-electron chi connectivity index (χ3n) is 7.68. The highest BCUT2D eigenvalue weighted by atomic mass is 79.9. The lowest BCUT2D eigenvalue weighted by Crippen LogP contribution is -2.44. The predicted molar refractivity (Wildman–Crippen MR) is 151 cm³/mol. The maximum atomic E-state index is 15.3. The topological polar surface area (TPSA) is 93.2 Å². The minimum Gasteiger partial charge on any atom is -0.493 e. The Morgan fingerprint density at radius 3 is 2.30 bits per heavy atom. The first-order valence-corrected chi connectivity index (χ1v) is 16.4. The fraction of sp³-hybridized carbons (Fsp3) is 0.500. The number of nitrogens with zero attached hydrogens (tertiary/aromatic N) is 2. The minimum atomic E-state index is -5.57. The highest BCUT2D eigenvalue weighted by molar-refractivity contribution is 9.10. The van der Waals surface area contributed by atoms with Crippen molar-refractivity contribution in [2.45, 2.75) is 62.4 Å². The predicted octanol–water partition coefficient (Wildman–Crippen LogP) is 6.36. The molecule has 0 unspecified atom stereocenters. The standard InChI is InChI=1S/C28H28BrClF4N2O6S/c29-19-4-3-18(23(30)11-19)14-35-9-7-16(8-10-35)15-41-25-13-24(31)22(12-21(25)17-1-2-17)26(37)36(42-27(38)28(32,33)34)43(39,40)20-5-6-20/h3-4,11-13,16-17,20H,1-2,5-10,14-15H2. The summed E-state index contributed by atoms with van der Waals surface area (Å²) < 4.78 is 85.6. The van der Waals surface area contributed by atoms with E-state index < -0.39 is 49.2 Å². The van der Waals surface area contributed by atoms with Gasteiger partial charge >= 0.3 is 18.1 Å². The number of ether oxygens (including phenoxy) is 1. The van der Waals surface area contributed by atoms with Crippen molar-refractivity contribution < 1.29 is 45.1 Å². The molecule has 0 radical (unpaired) electrons. The van der Waals surface area contributed by atoms with Crippen LogP contribution < -0.4 is 4.74 Å². The van der Waals surface area contributed by atoms with Gasteiger partial charge in [0.25, 0.3) is 10.0 Å². The molecular formula is C28H28BrClF4N2O6S. The second-order valence-corrected chi connectivity index (χ2v) is 14.4. The molecular weight excluding hydrogens is 684 g/mol. The number of carbonyl (C=O) groups is 2. The van der Waals surface area contributed by atoms with Crippen molar-refractivity contribution in [3.8, 4) is 5.75 Å². The zero-order valence-electron chi connectivity index (χ0n) is 22.7. The number of piperidine rings is 1. The van der Waals surface area contributed by atoms with Crippen LogP contribution >= 0.6 is 27.5 Å². The Bertz CT molecular complexity index is 1510. The minimum absolute atomic E-state index is 0.0647. The van der Waals surface area contributed by atoms with Gasteiger partial charge in [-0.1, -0.05) is 38.1 Å². The molecule has 1 heterocycles. The quantitative estimate of drug-likeness (QED) is 0.221. The first-order chi connectivity index (χ1) is 20.2. The summed E-state index contributed by atoms with van der Waals surface area (Å²) in [5.74, 6) is -5.55. The lowest BCUT2D eigenvalue weighted by atomic mass is 9.97. The molecule has 2 aromatic carbocycles. The van der Waals surface area contributed by atoms with E-state index in [0.717, 1.165) is 48.1 Å². The van der Waals surface area contributed by atoms with Gasteiger partial charge in [0, 0.05) is 22.1 Å². The molecule has 1 saturated heterocycles. The van der Waals surface area contributed by atoms with E-state index in [1.165, 1.54) is 0 Å². The van der Waals surface area contributed by atoms with Gasteiger partial charge in [-0.25, -0.2) is 17.6 Å². The fourth-order valence-electron chi connectivity index (χ4n) is 4.92. The summed E-state index contributed by atoms with van der Waals surface area (Å²) in [5, 5.41) is -0.521. The number of benzene rings is 2. The molecule has 3 aliphatic rings. The Balaban J connectivity index is 1.27. The van der Waals surface area contributed by atoms with E-state index >= 15 is 4.39 Å². The van der Waals surface area contributed by atoms with Crippen LogP contribution in [0.1, 0.15) is 65.9 Å². The zero-order valence-corrected chi connectivity index (χ0v) is 25.9. The summed E-state index contributed by atoms with van der Waals surface area (Å²) in [6, 6.07) is 7.80. The van der Waals surface area contributed by atoms with Crippen LogP contribution in [0.2, 0.25) is 5.02 Å². The van der Waals surface area contributed by atoms with Gasteiger partial charge in [0.05, 0.1) is 17.4 Å². The van der Waals surface area contributed by atoms with E-state index in [1.807, 2.05) is 18.2 Å². The van der Waals surface area contributed by atoms with Crippen LogP contribution in [0.4, 0.5) is 17.6 Å². The van der Waals surface area contributed by atoms with Crippen LogP contribution in [0.3, 0.4) is 0 Å². The van der Waals surface area contributed by atoms with E-state index in [1.54, 1.807) is 0 Å². The number of sulfonamides is 1. The Labute approximate surface area is 259 Å². The summed E-state index contributed by atoms with van der Waals surface area (Å²) >= 11 is 9.75. The monoisotopic (exact) mass is 710 g/mol. The number of alkyl halides is 3. The first-order valence-electron chi connectivity index (χ1n) is 13.7.